The lowest BCUT2D eigenvalue weighted by Crippen LogP contribution is -2.01. The van der Waals surface area contributed by atoms with Crippen molar-refractivity contribution in [3.05, 3.63) is 48.3 Å². The summed E-state index contributed by atoms with van der Waals surface area (Å²) < 4.78 is 7.13. The molecule has 0 amide bonds. The molecule has 0 spiro atoms. The van der Waals surface area contributed by atoms with Crippen LogP contribution in [0.4, 0.5) is 0 Å². The van der Waals surface area contributed by atoms with E-state index < -0.39 is 0 Å². The number of hydrogen-bond acceptors (Lipinski definition) is 2. The second kappa shape index (κ2) is 3.96. The van der Waals surface area contributed by atoms with E-state index >= 15 is 0 Å². The summed E-state index contributed by atoms with van der Waals surface area (Å²) in [5.41, 5.74) is 1.14. The zero-order valence-electron chi connectivity index (χ0n) is 8.05. The van der Waals surface area contributed by atoms with Gasteiger partial charge in [-0.25, -0.2) is 0 Å². The van der Waals surface area contributed by atoms with Gasteiger partial charge in [-0.1, -0.05) is 18.2 Å². The van der Waals surface area contributed by atoms with Gasteiger partial charge in [-0.3, -0.25) is 4.68 Å². The number of aromatic nitrogens is 2. The third-order valence-electron chi connectivity index (χ3n) is 2.08. The average molecular weight is 188 g/mol. The van der Waals surface area contributed by atoms with E-state index in [0.29, 0.717) is 0 Å². The highest BCUT2D eigenvalue weighted by molar-refractivity contribution is 5.33. The molecule has 0 unspecified atom stereocenters. The molecule has 2 rings (SSSR count). The molecule has 0 saturated carbocycles. The molecule has 0 atom stereocenters. The third kappa shape index (κ3) is 1.76. The van der Waals surface area contributed by atoms with Crippen LogP contribution in [-0.4, -0.2) is 16.9 Å². The maximum atomic E-state index is 5.25. The third-order valence-corrected chi connectivity index (χ3v) is 2.08. The second-order valence-electron chi connectivity index (χ2n) is 3.02. The zero-order valence-corrected chi connectivity index (χ0v) is 8.05. The van der Waals surface area contributed by atoms with Crippen molar-refractivity contribution in [1.29, 1.82) is 0 Å². The predicted molar refractivity (Wildman–Crippen MR) is 54.3 cm³/mol. The largest absolute Gasteiger partial charge is 0.496 e. The van der Waals surface area contributed by atoms with Gasteiger partial charge in [0.05, 0.1) is 13.7 Å². The summed E-state index contributed by atoms with van der Waals surface area (Å²) in [6.45, 7) is 0.747. The van der Waals surface area contributed by atoms with Gasteiger partial charge in [-0.2, -0.15) is 5.10 Å². The SMILES string of the molecule is COc1ccccc1Cn1cccn1. The second-order valence-corrected chi connectivity index (χ2v) is 3.02. The Morgan fingerprint density at radius 3 is 2.86 bits per heavy atom. The summed E-state index contributed by atoms with van der Waals surface area (Å²) in [5.74, 6) is 0.906. The first-order valence-corrected chi connectivity index (χ1v) is 4.49. The van der Waals surface area contributed by atoms with E-state index in [0.717, 1.165) is 17.9 Å². The summed E-state index contributed by atoms with van der Waals surface area (Å²) in [6, 6.07) is 9.88. The number of hydrogen-bond donors (Lipinski definition) is 0. The molecule has 0 aliphatic rings. The van der Waals surface area contributed by atoms with Crippen LogP contribution in [-0.2, 0) is 6.54 Å². The van der Waals surface area contributed by atoms with Gasteiger partial charge in [0.2, 0.25) is 0 Å². The van der Waals surface area contributed by atoms with Crippen LogP contribution in [0.25, 0.3) is 0 Å². The summed E-state index contributed by atoms with van der Waals surface area (Å²) in [5, 5.41) is 4.15. The fourth-order valence-electron chi connectivity index (χ4n) is 1.40. The van der Waals surface area contributed by atoms with Crippen molar-refractivity contribution in [3.63, 3.8) is 0 Å². The maximum Gasteiger partial charge on any atom is 0.123 e. The van der Waals surface area contributed by atoms with E-state index in [1.165, 1.54) is 0 Å². The van der Waals surface area contributed by atoms with Gasteiger partial charge in [0, 0.05) is 18.0 Å². The molecule has 0 fully saturated rings. The van der Waals surface area contributed by atoms with E-state index in [-0.39, 0.29) is 0 Å². The molecule has 0 radical (unpaired) electrons. The van der Waals surface area contributed by atoms with Gasteiger partial charge in [-0.15, -0.1) is 0 Å². The average Bonchev–Trinajstić information content (AvgIpc) is 2.71. The summed E-state index contributed by atoms with van der Waals surface area (Å²) >= 11 is 0. The Bertz CT molecular complexity index is 395. The first-order chi connectivity index (χ1) is 6.90. The first kappa shape index (κ1) is 8.81. The van der Waals surface area contributed by atoms with Crippen molar-refractivity contribution in [1.82, 2.24) is 9.78 Å². The van der Waals surface area contributed by atoms with Crippen LogP contribution in [0.1, 0.15) is 5.56 Å². The van der Waals surface area contributed by atoms with Crippen LogP contribution in [0, 0.1) is 0 Å². The Morgan fingerprint density at radius 2 is 2.14 bits per heavy atom. The van der Waals surface area contributed by atoms with Gasteiger partial charge < -0.3 is 4.74 Å². The highest BCUT2D eigenvalue weighted by Gasteiger charge is 2.01. The molecule has 1 aromatic heterocycles. The fourth-order valence-corrected chi connectivity index (χ4v) is 1.40. The van der Waals surface area contributed by atoms with Crippen LogP contribution < -0.4 is 4.74 Å². The van der Waals surface area contributed by atoms with E-state index in [2.05, 4.69) is 5.10 Å². The zero-order chi connectivity index (χ0) is 9.80. The molecular formula is C11H12N2O. The summed E-state index contributed by atoms with van der Waals surface area (Å²) in [6.07, 6.45) is 3.71. The minimum absolute atomic E-state index is 0.747. The topological polar surface area (TPSA) is 27.1 Å². The van der Waals surface area contributed by atoms with Crippen LogP contribution in [0.3, 0.4) is 0 Å². The quantitative estimate of drug-likeness (QED) is 0.736. The number of methoxy groups -OCH3 is 1. The standard InChI is InChI=1S/C11H12N2O/c1-14-11-6-3-2-5-10(11)9-13-8-4-7-12-13/h2-8H,9H2,1H3. The molecule has 72 valence electrons. The number of para-hydroxylation sites is 1. The molecule has 1 aromatic carbocycles. The smallest absolute Gasteiger partial charge is 0.123 e. The molecule has 14 heavy (non-hydrogen) atoms. The molecule has 0 N–H and O–H groups in total. The number of rotatable bonds is 3. The van der Waals surface area contributed by atoms with Crippen molar-refractivity contribution in [2.45, 2.75) is 6.54 Å². The Balaban J connectivity index is 2.24. The van der Waals surface area contributed by atoms with Crippen molar-refractivity contribution < 1.29 is 4.74 Å². The lowest BCUT2D eigenvalue weighted by atomic mass is 10.2. The molecule has 2 aromatic rings. The molecule has 0 saturated heterocycles. The van der Waals surface area contributed by atoms with Gasteiger partial charge in [0.25, 0.3) is 0 Å². The molecule has 1 heterocycles. The number of benzene rings is 1. The Morgan fingerprint density at radius 1 is 1.29 bits per heavy atom. The lowest BCUT2D eigenvalue weighted by Gasteiger charge is -2.07. The Hall–Kier alpha value is -1.77. The van der Waals surface area contributed by atoms with Gasteiger partial charge in [0.15, 0.2) is 0 Å². The van der Waals surface area contributed by atoms with Crippen molar-refractivity contribution in [2.24, 2.45) is 0 Å². The fraction of sp³-hybridized carbons (Fsp3) is 0.182. The predicted octanol–water partition coefficient (Wildman–Crippen LogP) is 1.94. The van der Waals surface area contributed by atoms with Crippen LogP contribution in [0.15, 0.2) is 42.7 Å². The van der Waals surface area contributed by atoms with E-state index in [1.807, 2.05) is 41.2 Å². The normalized spacial score (nSPS) is 10.1. The minimum Gasteiger partial charge on any atom is -0.496 e. The van der Waals surface area contributed by atoms with Crippen LogP contribution in [0.5, 0.6) is 5.75 Å². The van der Waals surface area contributed by atoms with Crippen LogP contribution >= 0.6 is 0 Å². The number of nitrogens with zero attached hydrogens (tertiary/aromatic N) is 2. The van der Waals surface area contributed by atoms with E-state index in [1.54, 1.807) is 13.3 Å². The maximum absolute atomic E-state index is 5.25. The Labute approximate surface area is 82.9 Å². The van der Waals surface area contributed by atoms with Gasteiger partial charge in [-0.05, 0) is 12.1 Å². The molecule has 0 aliphatic carbocycles. The summed E-state index contributed by atoms with van der Waals surface area (Å²) in [4.78, 5) is 0. The minimum atomic E-state index is 0.747. The molecule has 0 aliphatic heterocycles. The van der Waals surface area contributed by atoms with Crippen molar-refractivity contribution in [2.75, 3.05) is 7.11 Å². The molecular weight excluding hydrogens is 176 g/mol. The van der Waals surface area contributed by atoms with Crippen molar-refractivity contribution in [3.8, 4) is 5.75 Å². The Kier molecular flexibility index (Phi) is 2.49. The monoisotopic (exact) mass is 188 g/mol. The lowest BCUT2D eigenvalue weighted by molar-refractivity contribution is 0.407. The van der Waals surface area contributed by atoms with Crippen molar-refractivity contribution >= 4 is 0 Å². The first-order valence-electron chi connectivity index (χ1n) is 4.49. The molecule has 0 bridgehead atoms. The van der Waals surface area contributed by atoms with E-state index in [9.17, 15) is 0 Å². The van der Waals surface area contributed by atoms with Crippen LogP contribution in [0.2, 0.25) is 0 Å². The highest BCUT2D eigenvalue weighted by atomic mass is 16.5. The molecule has 3 nitrogen and oxygen atoms in total. The van der Waals surface area contributed by atoms with Gasteiger partial charge in [0.1, 0.15) is 5.75 Å². The van der Waals surface area contributed by atoms with Gasteiger partial charge >= 0.3 is 0 Å². The van der Waals surface area contributed by atoms with E-state index in [4.69, 9.17) is 4.74 Å². The highest BCUT2D eigenvalue weighted by Crippen LogP contribution is 2.17. The summed E-state index contributed by atoms with van der Waals surface area (Å²) in [7, 11) is 1.68. The molecule has 3 heteroatoms. The number of ether oxygens (including phenoxy) is 1.